The summed E-state index contributed by atoms with van der Waals surface area (Å²) >= 11 is 0. The first-order chi connectivity index (χ1) is 15.2. The maximum absolute atomic E-state index is 13.7. The van der Waals surface area contributed by atoms with Gasteiger partial charge in [0.1, 0.15) is 0 Å². The van der Waals surface area contributed by atoms with Crippen LogP contribution in [0.5, 0.6) is 0 Å². The molecule has 1 aromatic carbocycles. The van der Waals surface area contributed by atoms with Crippen LogP contribution < -0.4 is 5.73 Å². The van der Waals surface area contributed by atoms with Crippen LogP contribution in [0.4, 0.5) is 13.2 Å². The van der Waals surface area contributed by atoms with Gasteiger partial charge >= 0.3 is 0 Å². The van der Waals surface area contributed by atoms with Crippen molar-refractivity contribution in [1.82, 2.24) is 19.5 Å². The van der Waals surface area contributed by atoms with E-state index in [0.717, 1.165) is 17.7 Å². The minimum absolute atomic E-state index is 0.0823. The molecule has 10 heteroatoms. The number of hydrogen-bond donors (Lipinski definition) is 1. The monoisotopic (exact) mass is 442 g/mol. The van der Waals surface area contributed by atoms with Crippen molar-refractivity contribution < 1.29 is 18.0 Å². The standard InChI is InChI=1S/C22H21F3N6O/c1-11-4-6-28-31-20(12(2)29-21(11)31)22(32)30-7-5-14(17(26)10-30)19(27-3)13-8-15(23)18(25)16(24)9-13/h4,6,8-9H,5,7,10,26H2,1-3H3. The number of aliphatic imine (C=N–C) groups is 1. The van der Waals surface area contributed by atoms with Gasteiger partial charge in [-0.25, -0.2) is 22.7 Å². The van der Waals surface area contributed by atoms with Gasteiger partial charge in [0.25, 0.3) is 5.91 Å². The summed E-state index contributed by atoms with van der Waals surface area (Å²) in [4.78, 5) is 23.4. The molecule has 166 valence electrons. The van der Waals surface area contributed by atoms with Crippen LogP contribution in [0.25, 0.3) is 5.65 Å². The van der Waals surface area contributed by atoms with Crippen LogP contribution in [0, 0.1) is 31.3 Å². The van der Waals surface area contributed by atoms with E-state index in [9.17, 15) is 18.0 Å². The van der Waals surface area contributed by atoms with Gasteiger partial charge in [0, 0.05) is 36.6 Å². The summed E-state index contributed by atoms with van der Waals surface area (Å²) < 4.78 is 42.3. The van der Waals surface area contributed by atoms with E-state index in [0.29, 0.717) is 41.3 Å². The molecule has 0 radical (unpaired) electrons. The molecule has 2 aromatic heterocycles. The zero-order chi connectivity index (χ0) is 23.2. The molecule has 1 aliphatic heterocycles. The molecule has 1 aliphatic rings. The number of carbonyl (C=O) groups is 1. The largest absolute Gasteiger partial charge is 0.400 e. The topological polar surface area (TPSA) is 88.9 Å². The fraction of sp³-hybridized carbons (Fsp3) is 0.273. The number of carbonyl (C=O) groups excluding carboxylic acids is 1. The minimum Gasteiger partial charge on any atom is -0.400 e. The summed E-state index contributed by atoms with van der Waals surface area (Å²) in [6.45, 7) is 4.03. The normalized spacial score (nSPS) is 15.1. The van der Waals surface area contributed by atoms with E-state index < -0.39 is 17.5 Å². The summed E-state index contributed by atoms with van der Waals surface area (Å²) in [6.07, 6.45) is 1.92. The number of halogens is 3. The molecule has 0 saturated carbocycles. The second kappa shape index (κ2) is 8.10. The van der Waals surface area contributed by atoms with Crippen molar-refractivity contribution >= 4 is 17.3 Å². The number of nitrogens with two attached hydrogens (primary N) is 1. The Balaban J connectivity index is 1.66. The number of hydrogen-bond acceptors (Lipinski definition) is 5. The molecule has 2 N–H and O–H groups in total. The van der Waals surface area contributed by atoms with Gasteiger partial charge < -0.3 is 10.6 Å². The van der Waals surface area contributed by atoms with Gasteiger partial charge in [-0.15, -0.1) is 0 Å². The predicted octanol–water partition coefficient (Wildman–Crippen LogP) is 2.94. The molecule has 1 amide bonds. The molecule has 3 heterocycles. The summed E-state index contributed by atoms with van der Waals surface area (Å²) in [5.41, 5.74) is 9.91. The average Bonchev–Trinajstić information content (AvgIpc) is 3.10. The van der Waals surface area contributed by atoms with Crippen molar-refractivity contribution in [3.63, 3.8) is 0 Å². The maximum Gasteiger partial charge on any atom is 0.274 e. The quantitative estimate of drug-likeness (QED) is 0.499. The molecule has 0 aliphatic carbocycles. The first kappa shape index (κ1) is 21.5. The Morgan fingerprint density at radius 2 is 1.88 bits per heavy atom. The van der Waals surface area contributed by atoms with Gasteiger partial charge in [-0.3, -0.25) is 9.79 Å². The highest BCUT2D eigenvalue weighted by molar-refractivity contribution is 6.13. The molecule has 0 spiro atoms. The second-order valence-corrected chi connectivity index (χ2v) is 7.60. The highest BCUT2D eigenvalue weighted by Crippen LogP contribution is 2.25. The lowest BCUT2D eigenvalue weighted by Gasteiger charge is -2.30. The Kier molecular flexibility index (Phi) is 5.45. The van der Waals surface area contributed by atoms with Crippen molar-refractivity contribution in [3.05, 3.63) is 75.6 Å². The molecule has 0 atom stereocenters. The Morgan fingerprint density at radius 3 is 2.50 bits per heavy atom. The molecule has 0 unspecified atom stereocenters. The SMILES string of the molecule is CN=C(C1=C(N)CN(C(=O)c2c(C)nc3c(C)ccnn23)CC1)c1cc(F)c(F)c(F)c1. The number of amides is 1. The lowest BCUT2D eigenvalue weighted by molar-refractivity contribution is 0.0755. The van der Waals surface area contributed by atoms with Crippen LogP contribution in [0.15, 0.2) is 40.7 Å². The van der Waals surface area contributed by atoms with Crippen LogP contribution in [0.1, 0.15) is 33.7 Å². The van der Waals surface area contributed by atoms with E-state index in [4.69, 9.17) is 5.73 Å². The molecule has 32 heavy (non-hydrogen) atoms. The van der Waals surface area contributed by atoms with Crippen molar-refractivity contribution in [2.45, 2.75) is 20.3 Å². The van der Waals surface area contributed by atoms with Crippen LogP contribution in [-0.4, -0.2) is 51.3 Å². The molecule has 0 saturated heterocycles. The first-order valence-corrected chi connectivity index (χ1v) is 9.92. The zero-order valence-corrected chi connectivity index (χ0v) is 17.8. The third-order valence-corrected chi connectivity index (χ3v) is 5.53. The lowest BCUT2D eigenvalue weighted by Crippen LogP contribution is -2.41. The number of nitrogens with zero attached hydrogens (tertiary/aromatic N) is 5. The molecule has 7 nitrogen and oxygen atoms in total. The molecule has 4 rings (SSSR count). The van der Waals surface area contributed by atoms with Gasteiger partial charge in [0.05, 0.1) is 18.0 Å². The van der Waals surface area contributed by atoms with E-state index in [1.807, 2.05) is 13.0 Å². The summed E-state index contributed by atoms with van der Waals surface area (Å²) in [6, 6.07) is 3.58. The Bertz CT molecular complexity index is 1290. The zero-order valence-electron chi connectivity index (χ0n) is 17.8. The molecular formula is C22H21F3N6O. The Labute approximate surface area is 182 Å². The number of fused-ring (bicyclic) bond motifs is 1. The number of aryl methyl sites for hydroxylation is 2. The molecule has 0 bridgehead atoms. The molecule has 0 fully saturated rings. The van der Waals surface area contributed by atoms with Crippen molar-refractivity contribution in [2.24, 2.45) is 10.7 Å². The van der Waals surface area contributed by atoms with Gasteiger partial charge in [-0.05, 0) is 44.0 Å². The van der Waals surface area contributed by atoms with Crippen molar-refractivity contribution in [3.8, 4) is 0 Å². The molecule has 3 aromatic rings. The van der Waals surface area contributed by atoms with Crippen molar-refractivity contribution in [1.29, 1.82) is 0 Å². The van der Waals surface area contributed by atoms with Crippen molar-refractivity contribution in [2.75, 3.05) is 20.1 Å². The summed E-state index contributed by atoms with van der Waals surface area (Å²) in [5, 5.41) is 4.26. The van der Waals surface area contributed by atoms with Gasteiger partial charge in [-0.1, -0.05) is 0 Å². The minimum atomic E-state index is -1.54. The van der Waals surface area contributed by atoms with E-state index in [2.05, 4.69) is 15.1 Å². The third-order valence-electron chi connectivity index (χ3n) is 5.53. The number of imidazole rings is 1. The average molecular weight is 442 g/mol. The van der Waals surface area contributed by atoms with E-state index in [-0.39, 0.29) is 23.7 Å². The third kappa shape index (κ3) is 3.51. The maximum atomic E-state index is 13.7. The van der Waals surface area contributed by atoms with E-state index in [1.54, 1.807) is 18.0 Å². The number of benzene rings is 1. The second-order valence-electron chi connectivity index (χ2n) is 7.60. The van der Waals surface area contributed by atoms with E-state index >= 15 is 0 Å². The van der Waals surface area contributed by atoms with Gasteiger partial charge in [0.2, 0.25) is 0 Å². The van der Waals surface area contributed by atoms with Crippen LogP contribution >= 0.6 is 0 Å². The van der Waals surface area contributed by atoms with Gasteiger partial charge in [0.15, 0.2) is 28.8 Å². The number of aromatic nitrogens is 3. The Morgan fingerprint density at radius 1 is 1.19 bits per heavy atom. The van der Waals surface area contributed by atoms with Crippen LogP contribution in [0.3, 0.4) is 0 Å². The van der Waals surface area contributed by atoms with E-state index in [1.165, 1.54) is 11.6 Å². The fourth-order valence-electron chi connectivity index (χ4n) is 3.93. The Hall–Kier alpha value is -3.69. The number of rotatable bonds is 3. The van der Waals surface area contributed by atoms with Crippen LogP contribution in [-0.2, 0) is 0 Å². The highest BCUT2D eigenvalue weighted by Gasteiger charge is 2.29. The predicted molar refractivity (Wildman–Crippen MR) is 113 cm³/mol. The highest BCUT2D eigenvalue weighted by atomic mass is 19.2. The lowest BCUT2D eigenvalue weighted by atomic mass is 9.94. The van der Waals surface area contributed by atoms with Gasteiger partial charge in [-0.2, -0.15) is 5.10 Å². The molecular weight excluding hydrogens is 421 g/mol. The fourth-order valence-corrected chi connectivity index (χ4v) is 3.93. The first-order valence-electron chi connectivity index (χ1n) is 9.92. The van der Waals surface area contributed by atoms with Crippen LogP contribution in [0.2, 0.25) is 0 Å². The summed E-state index contributed by atoms with van der Waals surface area (Å²) in [7, 11) is 1.46. The summed E-state index contributed by atoms with van der Waals surface area (Å²) in [5.74, 6) is -4.43. The smallest absolute Gasteiger partial charge is 0.274 e.